The molecule has 1 aliphatic carbocycles. The summed E-state index contributed by atoms with van der Waals surface area (Å²) >= 11 is 5.94. The molecule has 1 aromatic carbocycles. The molecule has 0 aromatic heterocycles. The van der Waals surface area contributed by atoms with Crippen molar-refractivity contribution in [2.24, 2.45) is 5.92 Å². The number of hydrogen-bond donors (Lipinski definition) is 2. The van der Waals surface area contributed by atoms with E-state index in [9.17, 15) is 14.4 Å². The monoisotopic (exact) mass is 404 g/mol. The van der Waals surface area contributed by atoms with Gasteiger partial charge in [0.2, 0.25) is 5.91 Å². The highest BCUT2D eigenvalue weighted by Crippen LogP contribution is 2.35. The number of piperazine rings is 1. The smallest absolute Gasteiger partial charge is 0.322 e. The summed E-state index contributed by atoms with van der Waals surface area (Å²) in [6, 6.07) is 7.45. The average molecular weight is 405 g/mol. The summed E-state index contributed by atoms with van der Waals surface area (Å²) in [7, 11) is 0. The zero-order chi connectivity index (χ0) is 19.7. The molecule has 150 valence electrons. The number of nitrogens with zero attached hydrogens (tertiary/aromatic N) is 2. The Balaban J connectivity index is 1.26. The van der Waals surface area contributed by atoms with E-state index < -0.39 is 11.6 Å². The molecule has 1 spiro atoms. The van der Waals surface area contributed by atoms with Gasteiger partial charge in [0, 0.05) is 43.7 Å². The van der Waals surface area contributed by atoms with E-state index in [0.717, 1.165) is 37.7 Å². The minimum atomic E-state index is -0.800. The Morgan fingerprint density at radius 1 is 1.07 bits per heavy atom. The molecule has 0 radical (unpaired) electrons. The fourth-order valence-corrected chi connectivity index (χ4v) is 4.60. The average Bonchev–Trinajstić information content (AvgIpc) is 2.97. The fraction of sp³-hybridized carbons (Fsp3) is 0.550. The molecule has 8 heteroatoms. The number of carbonyl (C=O) groups is 3. The topological polar surface area (TPSA) is 81.8 Å². The number of hydrogen-bond acceptors (Lipinski definition) is 4. The lowest BCUT2D eigenvalue weighted by Crippen LogP contribution is -2.53. The van der Waals surface area contributed by atoms with Crippen LogP contribution < -0.4 is 10.6 Å². The Bertz CT molecular complexity index is 766. The van der Waals surface area contributed by atoms with Crippen LogP contribution in [0.4, 0.5) is 4.79 Å². The Kier molecular flexibility index (Phi) is 5.29. The molecule has 0 unspecified atom stereocenters. The van der Waals surface area contributed by atoms with E-state index in [1.165, 1.54) is 5.56 Å². The maximum absolute atomic E-state index is 12.9. The summed E-state index contributed by atoms with van der Waals surface area (Å²) in [6.45, 7) is 4.02. The van der Waals surface area contributed by atoms with Crippen molar-refractivity contribution >= 4 is 29.4 Å². The van der Waals surface area contributed by atoms with E-state index in [2.05, 4.69) is 15.5 Å². The SMILES string of the molecule is O=C1NC(=O)C2(CCC(C(=O)N3CCN(Cc4ccc(Cl)cc4)CC3)CC2)N1. The van der Waals surface area contributed by atoms with Crippen molar-refractivity contribution in [3.63, 3.8) is 0 Å². The Morgan fingerprint density at radius 2 is 1.71 bits per heavy atom. The van der Waals surface area contributed by atoms with Gasteiger partial charge in [-0.1, -0.05) is 23.7 Å². The number of urea groups is 1. The number of benzene rings is 1. The quantitative estimate of drug-likeness (QED) is 0.752. The number of imide groups is 1. The molecule has 3 aliphatic rings. The lowest BCUT2D eigenvalue weighted by atomic mass is 9.76. The fourth-order valence-electron chi connectivity index (χ4n) is 4.47. The van der Waals surface area contributed by atoms with Crippen LogP contribution >= 0.6 is 11.6 Å². The molecule has 2 saturated heterocycles. The number of rotatable bonds is 3. The number of carbonyl (C=O) groups excluding carboxylic acids is 3. The number of nitrogens with one attached hydrogen (secondary N) is 2. The van der Waals surface area contributed by atoms with Gasteiger partial charge in [0.15, 0.2) is 0 Å². The molecule has 0 bridgehead atoms. The van der Waals surface area contributed by atoms with Crippen LogP contribution in [0.2, 0.25) is 5.02 Å². The minimum Gasteiger partial charge on any atom is -0.340 e. The first kappa shape index (κ1) is 19.2. The zero-order valence-electron chi connectivity index (χ0n) is 15.7. The summed E-state index contributed by atoms with van der Waals surface area (Å²) in [5, 5.41) is 5.81. The first-order chi connectivity index (χ1) is 13.4. The molecule has 28 heavy (non-hydrogen) atoms. The van der Waals surface area contributed by atoms with Gasteiger partial charge < -0.3 is 10.2 Å². The second-order valence-electron chi connectivity index (χ2n) is 7.99. The first-order valence-electron chi connectivity index (χ1n) is 9.84. The summed E-state index contributed by atoms with van der Waals surface area (Å²) < 4.78 is 0. The van der Waals surface area contributed by atoms with E-state index in [1.54, 1.807) is 0 Å². The van der Waals surface area contributed by atoms with Crippen LogP contribution in [0.25, 0.3) is 0 Å². The molecule has 7 nitrogen and oxygen atoms in total. The highest BCUT2D eigenvalue weighted by atomic mass is 35.5. The van der Waals surface area contributed by atoms with E-state index in [0.29, 0.717) is 25.7 Å². The predicted molar refractivity (Wildman–Crippen MR) is 105 cm³/mol. The molecule has 0 atom stereocenters. The second kappa shape index (κ2) is 7.72. The van der Waals surface area contributed by atoms with Crippen LogP contribution in [0, 0.1) is 5.92 Å². The Hall–Kier alpha value is -2.12. The van der Waals surface area contributed by atoms with Crippen molar-refractivity contribution in [1.29, 1.82) is 0 Å². The molecule has 4 rings (SSSR count). The highest BCUT2D eigenvalue weighted by molar-refractivity contribution is 6.30. The van der Waals surface area contributed by atoms with E-state index in [1.807, 2.05) is 29.2 Å². The van der Waals surface area contributed by atoms with Crippen molar-refractivity contribution in [2.75, 3.05) is 26.2 Å². The first-order valence-corrected chi connectivity index (χ1v) is 10.2. The van der Waals surface area contributed by atoms with Gasteiger partial charge in [0.25, 0.3) is 5.91 Å². The predicted octanol–water partition coefficient (Wildman–Crippen LogP) is 1.75. The third kappa shape index (κ3) is 3.86. The number of amides is 4. The van der Waals surface area contributed by atoms with Gasteiger partial charge >= 0.3 is 6.03 Å². The third-order valence-corrected chi connectivity index (χ3v) is 6.46. The maximum Gasteiger partial charge on any atom is 0.322 e. The summed E-state index contributed by atoms with van der Waals surface area (Å²) in [6.07, 6.45) is 2.32. The normalized spacial score (nSPS) is 28.3. The minimum absolute atomic E-state index is 0.0567. The van der Waals surface area contributed by atoms with Crippen LogP contribution in [-0.4, -0.2) is 59.4 Å². The third-order valence-electron chi connectivity index (χ3n) is 6.21. The second-order valence-corrected chi connectivity index (χ2v) is 8.43. The van der Waals surface area contributed by atoms with E-state index in [-0.39, 0.29) is 17.7 Å². The lowest BCUT2D eigenvalue weighted by Gasteiger charge is -2.39. The number of halogens is 1. The molecular formula is C20H25ClN4O3. The van der Waals surface area contributed by atoms with Gasteiger partial charge in [-0.2, -0.15) is 0 Å². The van der Waals surface area contributed by atoms with Crippen molar-refractivity contribution in [2.45, 2.75) is 37.8 Å². The molecule has 2 N–H and O–H groups in total. The Morgan fingerprint density at radius 3 is 2.29 bits per heavy atom. The van der Waals surface area contributed by atoms with E-state index >= 15 is 0 Å². The van der Waals surface area contributed by atoms with Crippen LogP contribution in [0.15, 0.2) is 24.3 Å². The largest absolute Gasteiger partial charge is 0.340 e. The molecule has 2 aliphatic heterocycles. The van der Waals surface area contributed by atoms with Crippen LogP contribution in [0.1, 0.15) is 31.2 Å². The van der Waals surface area contributed by atoms with E-state index in [4.69, 9.17) is 11.6 Å². The van der Waals surface area contributed by atoms with Gasteiger partial charge in [0.1, 0.15) is 5.54 Å². The Labute approximate surface area is 169 Å². The van der Waals surface area contributed by atoms with Crippen LogP contribution in [-0.2, 0) is 16.1 Å². The molecule has 1 saturated carbocycles. The summed E-state index contributed by atoms with van der Waals surface area (Å²) in [5.41, 5.74) is 0.421. The summed E-state index contributed by atoms with van der Waals surface area (Å²) in [4.78, 5) is 40.7. The van der Waals surface area contributed by atoms with Crippen molar-refractivity contribution < 1.29 is 14.4 Å². The van der Waals surface area contributed by atoms with Crippen molar-refractivity contribution in [3.05, 3.63) is 34.9 Å². The maximum atomic E-state index is 12.9. The molecule has 3 fully saturated rings. The van der Waals surface area contributed by atoms with Gasteiger partial charge in [-0.05, 0) is 43.4 Å². The molecule has 4 amide bonds. The standard InChI is InChI=1S/C20H25ClN4O3/c21-16-3-1-14(2-4-16)13-24-9-11-25(12-10-24)17(26)15-5-7-20(8-6-15)18(27)22-19(28)23-20/h1-4,15H,5-13H2,(H2,22,23,27,28). The van der Waals surface area contributed by atoms with Crippen molar-refractivity contribution in [3.8, 4) is 0 Å². The highest BCUT2D eigenvalue weighted by Gasteiger charge is 2.49. The van der Waals surface area contributed by atoms with Gasteiger partial charge in [-0.25, -0.2) is 4.79 Å². The molecule has 2 heterocycles. The summed E-state index contributed by atoms with van der Waals surface area (Å²) in [5.74, 6) is -0.122. The van der Waals surface area contributed by atoms with Gasteiger partial charge in [-0.3, -0.25) is 19.8 Å². The van der Waals surface area contributed by atoms with Crippen LogP contribution in [0.3, 0.4) is 0 Å². The van der Waals surface area contributed by atoms with Gasteiger partial charge in [0.05, 0.1) is 0 Å². The van der Waals surface area contributed by atoms with Crippen molar-refractivity contribution in [1.82, 2.24) is 20.4 Å². The zero-order valence-corrected chi connectivity index (χ0v) is 16.5. The lowest BCUT2D eigenvalue weighted by molar-refractivity contribution is -0.140. The van der Waals surface area contributed by atoms with Crippen LogP contribution in [0.5, 0.6) is 0 Å². The molecular weight excluding hydrogens is 380 g/mol. The molecule has 1 aromatic rings. The van der Waals surface area contributed by atoms with Gasteiger partial charge in [-0.15, -0.1) is 0 Å².